The Labute approximate surface area is 230 Å². The van der Waals surface area contributed by atoms with E-state index >= 15 is 0 Å². The van der Waals surface area contributed by atoms with Crippen LogP contribution in [0.3, 0.4) is 0 Å². The molecule has 1 N–H and O–H groups in total. The number of para-hydroxylation sites is 2. The molecule has 8 heteroatoms. The number of carbonyl (C=O) groups is 1. The molecule has 4 aromatic carbocycles. The quantitative estimate of drug-likeness (QED) is 0.124. The van der Waals surface area contributed by atoms with Gasteiger partial charge in [-0.2, -0.15) is 5.10 Å². The van der Waals surface area contributed by atoms with Crippen molar-refractivity contribution in [2.24, 2.45) is 5.10 Å². The van der Waals surface area contributed by atoms with Crippen LogP contribution in [-0.2, 0) is 17.9 Å². The molecular formula is C30H25ClN4O2S. The molecule has 0 spiro atoms. The maximum Gasteiger partial charge on any atom is 0.250 e. The van der Waals surface area contributed by atoms with Gasteiger partial charge in [-0.15, -0.1) is 0 Å². The Kier molecular flexibility index (Phi) is 8.38. The number of halogens is 1. The van der Waals surface area contributed by atoms with E-state index in [9.17, 15) is 4.79 Å². The topological polar surface area (TPSA) is 68.5 Å². The van der Waals surface area contributed by atoms with E-state index in [1.807, 2.05) is 103 Å². The third kappa shape index (κ3) is 6.82. The highest BCUT2D eigenvalue weighted by Gasteiger charge is 2.13. The first-order valence-electron chi connectivity index (χ1n) is 12.1. The maximum atomic E-state index is 12.5. The molecule has 1 aromatic heterocycles. The number of fused-ring (bicyclic) bond motifs is 1. The Morgan fingerprint density at radius 1 is 0.947 bits per heavy atom. The number of aromatic nitrogens is 2. The van der Waals surface area contributed by atoms with Gasteiger partial charge >= 0.3 is 0 Å². The summed E-state index contributed by atoms with van der Waals surface area (Å²) in [5, 5.41) is 5.59. The summed E-state index contributed by atoms with van der Waals surface area (Å²) < 4.78 is 7.98. The molecule has 0 saturated carbocycles. The van der Waals surface area contributed by atoms with Crippen molar-refractivity contribution in [2.75, 3.05) is 5.75 Å². The second kappa shape index (κ2) is 12.4. The van der Waals surface area contributed by atoms with Crippen molar-refractivity contribution in [3.05, 3.63) is 125 Å². The maximum absolute atomic E-state index is 12.5. The lowest BCUT2D eigenvalue weighted by molar-refractivity contribution is -0.118. The predicted molar refractivity (Wildman–Crippen MR) is 154 cm³/mol. The van der Waals surface area contributed by atoms with Crippen LogP contribution in [-0.4, -0.2) is 27.4 Å². The summed E-state index contributed by atoms with van der Waals surface area (Å²) in [7, 11) is 0. The number of thioether (sulfide) groups is 1. The summed E-state index contributed by atoms with van der Waals surface area (Å²) in [6, 6.07) is 33.2. The van der Waals surface area contributed by atoms with Crippen LogP contribution >= 0.6 is 23.4 Å². The van der Waals surface area contributed by atoms with E-state index in [1.54, 1.807) is 6.21 Å². The first-order valence-corrected chi connectivity index (χ1v) is 13.4. The van der Waals surface area contributed by atoms with Crippen LogP contribution in [0.4, 0.5) is 0 Å². The second-order valence-electron chi connectivity index (χ2n) is 8.52. The minimum atomic E-state index is -0.215. The Morgan fingerprint density at radius 2 is 1.74 bits per heavy atom. The molecule has 0 bridgehead atoms. The van der Waals surface area contributed by atoms with E-state index in [-0.39, 0.29) is 11.7 Å². The number of benzene rings is 4. The molecule has 0 aliphatic rings. The standard InChI is InChI=1S/C30H25ClN4O2S/c31-25-15-13-22(14-16-25)19-35-28-12-5-4-11-27(28)33-30(35)38-21-29(36)34-32-18-24-9-6-10-26(17-24)37-20-23-7-2-1-3-8-23/h1-18H,19-21H2,(H,34,36)/b32-18-. The SMILES string of the molecule is O=C(CSc1nc2ccccc2n1Cc1ccc(Cl)cc1)N/N=C\c1cccc(OCc2ccccc2)c1. The number of imidazole rings is 1. The van der Waals surface area contributed by atoms with Crippen molar-refractivity contribution < 1.29 is 9.53 Å². The number of ether oxygens (including phenoxy) is 1. The molecule has 0 unspecified atom stereocenters. The van der Waals surface area contributed by atoms with Gasteiger partial charge in [-0.25, -0.2) is 10.4 Å². The monoisotopic (exact) mass is 540 g/mol. The zero-order valence-electron chi connectivity index (χ0n) is 20.5. The van der Waals surface area contributed by atoms with Crippen molar-refractivity contribution in [2.45, 2.75) is 18.3 Å². The molecule has 0 aliphatic carbocycles. The fraction of sp³-hybridized carbons (Fsp3) is 0.100. The van der Waals surface area contributed by atoms with Crippen LogP contribution in [0.15, 0.2) is 113 Å². The number of hydrogen-bond acceptors (Lipinski definition) is 5. The fourth-order valence-electron chi connectivity index (χ4n) is 3.86. The van der Waals surface area contributed by atoms with Gasteiger partial charge in [0.1, 0.15) is 12.4 Å². The number of nitrogens with zero attached hydrogens (tertiary/aromatic N) is 3. The smallest absolute Gasteiger partial charge is 0.250 e. The third-order valence-electron chi connectivity index (χ3n) is 5.72. The lowest BCUT2D eigenvalue weighted by Gasteiger charge is -2.09. The van der Waals surface area contributed by atoms with Gasteiger partial charge in [0.2, 0.25) is 0 Å². The molecule has 190 valence electrons. The van der Waals surface area contributed by atoms with Crippen molar-refractivity contribution >= 4 is 46.5 Å². The molecule has 1 heterocycles. The highest BCUT2D eigenvalue weighted by atomic mass is 35.5. The van der Waals surface area contributed by atoms with Crippen molar-refractivity contribution in [3.8, 4) is 5.75 Å². The van der Waals surface area contributed by atoms with Crippen LogP contribution in [0.1, 0.15) is 16.7 Å². The van der Waals surface area contributed by atoms with Gasteiger partial charge in [0.05, 0.1) is 29.5 Å². The summed E-state index contributed by atoms with van der Waals surface area (Å²) in [5.74, 6) is 0.703. The van der Waals surface area contributed by atoms with Crippen LogP contribution in [0, 0.1) is 0 Å². The number of carbonyl (C=O) groups excluding carboxylic acids is 1. The molecule has 0 radical (unpaired) electrons. The highest BCUT2D eigenvalue weighted by Crippen LogP contribution is 2.25. The first-order chi connectivity index (χ1) is 18.6. The largest absolute Gasteiger partial charge is 0.489 e. The van der Waals surface area contributed by atoms with Gasteiger partial charge in [-0.05, 0) is 53.1 Å². The molecule has 0 saturated heterocycles. The van der Waals surface area contributed by atoms with E-state index in [0.29, 0.717) is 18.2 Å². The zero-order chi connectivity index (χ0) is 26.2. The van der Waals surface area contributed by atoms with Crippen molar-refractivity contribution in [1.82, 2.24) is 15.0 Å². The van der Waals surface area contributed by atoms with Gasteiger partial charge in [-0.3, -0.25) is 4.79 Å². The van der Waals surface area contributed by atoms with Crippen LogP contribution in [0.5, 0.6) is 5.75 Å². The van der Waals surface area contributed by atoms with E-state index in [0.717, 1.165) is 38.6 Å². The lowest BCUT2D eigenvalue weighted by atomic mass is 10.2. The molecular weight excluding hydrogens is 516 g/mol. The summed E-state index contributed by atoms with van der Waals surface area (Å²) in [6.07, 6.45) is 1.60. The van der Waals surface area contributed by atoms with Crippen molar-refractivity contribution in [1.29, 1.82) is 0 Å². The Balaban J connectivity index is 1.18. The normalized spacial score (nSPS) is 11.2. The number of hydrazone groups is 1. The molecule has 5 aromatic rings. The molecule has 1 amide bonds. The van der Waals surface area contributed by atoms with Crippen LogP contribution in [0.2, 0.25) is 5.02 Å². The zero-order valence-corrected chi connectivity index (χ0v) is 22.0. The summed E-state index contributed by atoms with van der Waals surface area (Å²) in [5.41, 5.74) is 7.53. The molecule has 5 rings (SSSR count). The average molecular weight is 541 g/mol. The molecule has 0 aliphatic heterocycles. The van der Waals surface area contributed by atoms with Gasteiger partial charge in [0.25, 0.3) is 5.91 Å². The molecule has 0 fully saturated rings. The number of amides is 1. The molecule has 38 heavy (non-hydrogen) atoms. The van der Waals surface area contributed by atoms with Gasteiger partial charge < -0.3 is 9.30 Å². The summed E-state index contributed by atoms with van der Waals surface area (Å²) >= 11 is 7.42. The minimum Gasteiger partial charge on any atom is -0.489 e. The average Bonchev–Trinajstić information content (AvgIpc) is 3.30. The van der Waals surface area contributed by atoms with E-state index < -0.39 is 0 Å². The van der Waals surface area contributed by atoms with Gasteiger partial charge in [0, 0.05) is 5.02 Å². The molecule has 6 nitrogen and oxygen atoms in total. The Morgan fingerprint density at radius 3 is 2.58 bits per heavy atom. The summed E-state index contributed by atoms with van der Waals surface area (Å²) in [4.78, 5) is 17.3. The number of nitrogens with one attached hydrogen (secondary N) is 1. The van der Waals surface area contributed by atoms with Crippen LogP contribution in [0.25, 0.3) is 11.0 Å². The van der Waals surface area contributed by atoms with E-state index in [4.69, 9.17) is 21.3 Å². The van der Waals surface area contributed by atoms with E-state index in [2.05, 4.69) is 15.1 Å². The van der Waals surface area contributed by atoms with Gasteiger partial charge in [-0.1, -0.05) is 90.1 Å². The number of hydrogen-bond donors (Lipinski definition) is 1. The van der Waals surface area contributed by atoms with Crippen LogP contribution < -0.4 is 10.2 Å². The van der Waals surface area contributed by atoms with E-state index in [1.165, 1.54) is 11.8 Å². The fourth-order valence-corrected chi connectivity index (χ4v) is 4.79. The highest BCUT2D eigenvalue weighted by molar-refractivity contribution is 7.99. The minimum absolute atomic E-state index is 0.182. The Bertz CT molecular complexity index is 1550. The van der Waals surface area contributed by atoms with Gasteiger partial charge in [0.15, 0.2) is 5.16 Å². The summed E-state index contributed by atoms with van der Waals surface area (Å²) in [6.45, 7) is 1.11. The predicted octanol–water partition coefficient (Wildman–Crippen LogP) is 6.56. The second-order valence-corrected chi connectivity index (χ2v) is 9.90. The molecule has 0 atom stereocenters. The Hall–Kier alpha value is -4.07. The van der Waals surface area contributed by atoms with Crippen molar-refractivity contribution in [3.63, 3.8) is 0 Å². The number of rotatable bonds is 10. The third-order valence-corrected chi connectivity index (χ3v) is 6.94. The lowest BCUT2D eigenvalue weighted by Crippen LogP contribution is -2.20. The first kappa shape index (κ1) is 25.6.